The van der Waals surface area contributed by atoms with E-state index in [-0.39, 0.29) is 10.9 Å². The van der Waals surface area contributed by atoms with Gasteiger partial charge in [0.15, 0.2) is 0 Å². The van der Waals surface area contributed by atoms with Crippen LogP contribution < -0.4 is 4.72 Å². The Bertz CT molecular complexity index is 663. The number of H-pyrrole nitrogens is 1. The van der Waals surface area contributed by atoms with Crippen LogP contribution in [0.25, 0.3) is 0 Å². The first-order valence-corrected chi connectivity index (χ1v) is 7.47. The standard InChI is InChI=1S/C13H17N3O2S/c1-9-4-5-10(2)13(6-9)11(3)16-19(17,18)12-7-14-15-8-12/h4-8,11,16H,1-3H3,(H,14,15). The van der Waals surface area contributed by atoms with Gasteiger partial charge in [-0.15, -0.1) is 0 Å². The number of hydrogen-bond donors (Lipinski definition) is 2. The largest absolute Gasteiger partial charge is 0.284 e. The van der Waals surface area contributed by atoms with E-state index in [1.807, 2.05) is 39.0 Å². The SMILES string of the molecule is Cc1ccc(C)c(C(C)NS(=O)(=O)c2cn[nH]c2)c1. The Morgan fingerprint density at radius 2 is 2.05 bits per heavy atom. The smallest absolute Gasteiger partial charge is 0.244 e. The van der Waals surface area contributed by atoms with E-state index < -0.39 is 10.0 Å². The molecule has 2 aromatic rings. The van der Waals surface area contributed by atoms with Gasteiger partial charge in [-0.1, -0.05) is 23.8 Å². The molecule has 0 bridgehead atoms. The van der Waals surface area contributed by atoms with E-state index in [1.54, 1.807) is 0 Å². The molecule has 0 aliphatic rings. The van der Waals surface area contributed by atoms with Crippen LogP contribution in [0.1, 0.15) is 29.7 Å². The molecule has 0 radical (unpaired) electrons. The van der Waals surface area contributed by atoms with E-state index in [2.05, 4.69) is 14.9 Å². The maximum absolute atomic E-state index is 12.1. The van der Waals surface area contributed by atoms with Gasteiger partial charge in [0.25, 0.3) is 0 Å². The number of nitrogens with one attached hydrogen (secondary N) is 2. The van der Waals surface area contributed by atoms with Crippen molar-refractivity contribution in [3.63, 3.8) is 0 Å². The number of hydrogen-bond acceptors (Lipinski definition) is 3. The molecule has 0 aliphatic carbocycles. The maximum atomic E-state index is 12.1. The highest BCUT2D eigenvalue weighted by Gasteiger charge is 2.20. The minimum Gasteiger partial charge on any atom is -0.284 e. The Hall–Kier alpha value is -1.66. The second-order valence-electron chi connectivity index (χ2n) is 4.64. The molecule has 2 rings (SSSR count). The molecule has 0 spiro atoms. The van der Waals surface area contributed by atoms with Gasteiger partial charge >= 0.3 is 0 Å². The van der Waals surface area contributed by atoms with Crippen molar-refractivity contribution in [2.75, 3.05) is 0 Å². The summed E-state index contributed by atoms with van der Waals surface area (Å²) in [5, 5.41) is 6.16. The predicted molar refractivity (Wildman–Crippen MR) is 73.2 cm³/mol. The van der Waals surface area contributed by atoms with E-state index >= 15 is 0 Å². The lowest BCUT2D eigenvalue weighted by Gasteiger charge is -2.16. The molecule has 102 valence electrons. The van der Waals surface area contributed by atoms with Crippen LogP contribution in [0, 0.1) is 13.8 Å². The zero-order chi connectivity index (χ0) is 14.0. The maximum Gasteiger partial charge on any atom is 0.244 e. The zero-order valence-corrected chi connectivity index (χ0v) is 12.0. The monoisotopic (exact) mass is 279 g/mol. The number of sulfonamides is 1. The molecule has 2 N–H and O–H groups in total. The summed E-state index contributed by atoms with van der Waals surface area (Å²) < 4.78 is 26.9. The van der Waals surface area contributed by atoms with Crippen LogP contribution >= 0.6 is 0 Å². The Morgan fingerprint density at radius 3 is 2.68 bits per heavy atom. The molecule has 1 heterocycles. The first-order chi connectivity index (χ1) is 8.90. The van der Waals surface area contributed by atoms with Crippen LogP contribution in [-0.2, 0) is 10.0 Å². The van der Waals surface area contributed by atoms with Crippen molar-refractivity contribution in [2.45, 2.75) is 31.7 Å². The summed E-state index contributed by atoms with van der Waals surface area (Å²) in [7, 11) is -3.54. The van der Waals surface area contributed by atoms with E-state index in [0.29, 0.717) is 0 Å². The second kappa shape index (κ2) is 5.14. The minimum absolute atomic E-state index is 0.143. The van der Waals surface area contributed by atoms with Gasteiger partial charge < -0.3 is 0 Å². The van der Waals surface area contributed by atoms with E-state index in [4.69, 9.17) is 0 Å². The van der Waals surface area contributed by atoms with Crippen LogP contribution in [0.3, 0.4) is 0 Å². The highest BCUT2D eigenvalue weighted by molar-refractivity contribution is 7.89. The van der Waals surface area contributed by atoms with Crippen LogP contribution in [0.5, 0.6) is 0 Å². The number of aryl methyl sites for hydroxylation is 2. The van der Waals surface area contributed by atoms with Crippen molar-refractivity contribution in [3.05, 3.63) is 47.3 Å². The highest BCUT2D eigenvalue weighted by Crippen LogP contribution is 2.21. The second-order valence-corrected chi connectivity index (χ2v) is 6.35. The van der Waals surface area contributed by atoms with Gasteiger partial charge in [0, 0.05) is 12.2 Å². The molecule has 1 atom stereocenters. The molecular formula is C13H17N3O2S. The summed E-state index contributed by atoms with van der Waals surface area (Å²) in [6.07, 6.45) is 2.65. The Morgan fingerprint density at radius 1 is 1.32 bits per heavy atom. The van der Waals surface area contributed by atoms with Gasteiger partial charge in [-0.25, -0.2) is 13.1 Å². The summed E-state index contributed by atoms with van der Waals surface area (Å²) in [5.41, 5.74) is 3.15. The van der Waals surface area contributed by atoms with Crippen molar-refractivity contribution < 1.29 is 8.42 Å². The minimum atomic E-state index is -3.54. The molecule has 0 fully saturated rings. The lowest BCUT2D eigenvalue weighted by atomic mass is 10.0. The van der Waals surface area contributed by atoms with E-state index in [0.717, 1.165) is 16.7 Å². The molecule has 6 heteroatoms. The first kappa shape index (κ1) is 13.8. The highest BCUT2D eigenvalue weighted by atomic mass is 32.2. The fourth-order valence-corrected chi connectivity index (χ4v) is 3.10. The topological polar surface area (TPSA) is 74.8 Å². The summed E-state index contributed by atoms with van der Waals surface area (Å²) in [5.74, 6) is 0. The quantitative estimate of drug-likeness (QED) is 0.899. The van der Waals surface area contributed by atoms with Crippen LogP contribution in [0.4, 0.5) is 0 Å². The predicted octanol–water partition coefficient (Wildman–Crippen LogP) is 2.07. The molecule has 0 saturated carbocycles. The molecule has 1 aromatic heterocycles. The molecule has 1 aromatic carbocycles. The van der Waals surface area contributed by atoms with Crippen molar-refractivity contribution in [2.24, 2.45) is 0 Å². The molecule has 19 heavy (non-hydrogen) atoms. The summed E-state index contributed by atoms with van der Waals surface area (Å²) in [6.45, 7) is 5.79. The third kappa shape index (κ3) is 3.02. The lowest BCUT2D eigenvalue weighted by Crippen LogP contribution is -2.27. The molecular weight excluding hydrogens is 262 g/mol. The fraction of sp³-hybridized carbons (Fsp3) is 0.308. The molecule has 5 nitrogen and oxygen atoms in total. The van der Waals surface area contributed by atoms with Crippen molar-refractivity contribution in [1.82, 2.24) is 14.9 Å². The summed E-state index contributed by atoms with van der Waals surface area (Å²) in [4.78, 5) is 0.143. The van der Waals surface area contributed by atoms with Crippen molar-refractivity contribution in [1.29, 1.82) is 0 Å². The molecule has 0 aliphatic heterocycles. The van der Waals surface area contributed by atoms with Gasteiger partial charge in [-0.2, -0.15) is 5.10 Å². The number of aromatic nitrogens is 2. The third-order valence-electron chi connectivity index (χ3n) is 3.02. The zero-order valence-electron chi connectivity index (χ0n) is 11.1. The van der Waals surface area contributed by atoms with Crippen LogP contribution in [0.2, 0.25) is 0 Å². The Kier molecular flexibility index (Phi) is 3.73. The number of aromatic amines is 1. The van der Waals surface area contributed by atoms with Gasteiger partial charge in [0.2, 0.25) is 10.0 Å². The first-order valence-electron chi connectivity index (χ1n) is 5.98. The van der Waals surface area contributed by atoms with Crippen molar-refractivity contribution >= 4 is 10.0 Å². The lowest BCUT2D eigenvalue weighted by molar-refractivity contribution is 0.566. The molecule has 1 unspecified atom stereocenters. The number of nitrogens with zero attached hydrogens (tertiary/aromatic N) is 1. The Labute approximate surface area is 113 Å². The van der Waals surface area contributed by atoms with Gasteiger partial charge in [-0.3, -0.25) is 5.10 Å². The van der Waals surface area contributed by atoms with Gasteiger partial charge in [0.05, 0.1) is 6.20 Å². The van der Waals surface area contributed by atoms with E-state index in [1.165, 1.54) is 12.4 Å². The van der Waals surface area contributed by atoms with Crippen LogP contribution in [0.15, 0.2) is 35.5 Å². The number of benzene rings is 1. The summed E-state index contributed by atoms with van der Waals surface area (Å²) in [6, 6.07) is 5.71. The number of rotatable bonds is 4. The molecule has 0 saturated heterocycles. The van der Waals surface area contributed by atoms with Crippen LogP contribution in [-0.4, -0.2) is 18.6 Å². The third-order valence-corrected chi connectivity index (χ3v) is 4.52. The van der Waals surface area contributed by atoms with Crippen molar-refractivity contribution in [3.8, 4) is 0 Å². The molecule has 0 amide bonds. The Balaban J connectivity index is 2.26. The average Bonchev–Trinajstić information content (AvgIpc) is 2.86. The average molecular weight is 279 g/mol. The van der Waals surface area contributed by atoms with Gasteiger partial charge in [-0.05, 0) is 31.9 Å². The van der Waals surface area contributed by atoms with Gasteiger partial charge in [0.1, 0.15) is 4.90 Å². The summed E-state index contributed by atoms with van der Waals surface area (Å²) >= 11 is 0. The van der Waals surface area contributed by atoms with E-state index in [9.17, 15) is 8.42 Å². The normalized spacial score (nSPS) is 13.4. The fourth-order valence-electron chi connectivity index (χ4n) is 1.98.